The van der Waals surface area contributed by atoms with Crippen molar-refractivity contribution in [2.75, 3.05) is 7.11 Å². The van der Waals surface area contributed by atoms with E-state index in [2.05, 4.69) is 5.16 Å². The number of hydrogen-bond donors (Lipinski definition) is 1. The molecule has 0 aliphatic rings. The molecule has 0 saturated carbocycles. The van der Waals surface area contributed by atoms with E-state index in [0.717, 1.165) is 11.3 Å². The molecule has 0 atom stereocenters. The third-order valence-electron chi connectivity index (χ3n) is 1.79. The maximum atomic E-state index is 8.41. The molecular formula is C11H13NO2. The molecule has 1 rings (SSSR count). The van der Waals surface area contributed by atoms with E-state index in [1.165, 1.54) is 0 Å². The van der Waals surface area contributed by atoms with Gasteiger partial charge in [-0.2, -0.15) is 0 Å². The molecule has 1 aromatic carbocycles. The summed E-state index contributed by atoms with van der Waals surface area (Å²) in [6.45, 7) is 1.72. The van der Waals surface area contributed by atoms with Crippen molar-refractivity contribution >= 4 is 11.8 Å². The molecular weight excluding hydrogens is 178 g/mol. The number of hydrogen-bond acceptors (Lipinski definition) is 3. The largest absolute Gasteiger partial charge is 0.497 e. The summed E-state index contributed by atoms with van der Waals surface area (Å²) in [5.74, 6) is 0.828. The summed E-state index contributed by atoms with van der Waals surface area (Å²) in [6.07, 6.45) is 3.61. The average Bonchev–Trinajstić information content (AvgIpc) is 2.26. The highest BCUT2D eigenvalue weighted by Gasteiger charge is 1.90. The lowest BCUT2D eigenvalue weighted by molar-refractivity contribution is 0.319. The minimum Gasteiger partial charge on any atom is -0.497 e. The Bertz CT molecular complexity index is 339. The predicted octanol–water partition coefficient (Wildman–Crippen LogP) is 2.56. The van der Waals surface area contributed by atoms with E-state index in [0.29, 0.717) is 5.71 Å². The summed E-state index contributed by atoms with van der Waals surface area (Å²) >= 11 is 0. The number of methoxy groups -OCH3 is 1. The first kappa shape index (κ1) is 10.3. The predicted molar refractivity (Wildman–Crippen MR) is 56.9 cm³/mol. The SMILES string of the molecule is COc1ccc(/C=C/C(C)=N/O)cc1. The highest BCUT2D eigenvalue weighted by molar-refractivity contribution is 5.95. The zero-order valence-corrected chi connectivity index (χ0v) is 8.27. The van der Waals surface area contributed by atoms with Gasteiger partial charge >= 0.3 is 0 Å². The van der Waals surface area contributed by atoms with Gasteiger partial charge in [0.25, 0.3) is 0 Å². The summed E-state index contributed by atoms with van der Waals surface area (Å²) in [4.78, 5) is 0. The van der Waals surface area contributed by atoms with Crippen LogP contribution < -0.4 is 4.74 Å². The fraction of sp³-hybridized carbons (Fsp3) is 0.182. The van der Waals surface area contributed by atoms with Crippen LogP contribution in [0.1, 0.15) is 12.5 Å². The summed E-state index contributed by atoms with van der Waals surface area (Å²) < 4.78 is 5.03. The highest BCUT2D eigenvalue weighted by atomic mass is 16.5. The van der Waals surface area contributed by atoms with Crippen molar-refractivity contribution in [3.05, 3.63) is 35.9 Å². The normalized spacial score (nSPS) is 12.0. The van der Waals surface area contributed by atoms with E-state index in [-0.39, 0.29) is 0 Å². The van der Waals surface area contributed by atoms with Crippen molar-refractivity contribution in [2.45, 2.75) is 6.92 Å². The van der Waals surface area contributed by atoms with Crippen molar-refractivity contribution in [1.29, 1.82) is 0 Å². The number of benzene rings is 1. The Morgan fingerprint density at radius 3 is 2.50 bits per heavy atom. The maximum absolute atomic E-state index is 8.41. The molecule has 0 unspecified atom stereocenters. The van der Waals surface area contributed by atoms with Gasteiger partial charge < -0.3 is 9.94 Å². The third kappa shape index (κ3) is 2.94. The number of oxime groups is 1. The molecule has 3 nitrogen and oxygen atoms in total. The quantitative estimate of drug-likeness (QED) is 0.453. The molecule has 74 valence electrons. The Hall–Kier alpha value is -1.77. The van der Waals surface area contributed by atoms with Gasteiger partial charge in [-0.25, -0.2) is 0 Å². The first-order valence-corrected chi connectivity index (χ1v) is 4.27. The van der Waals surface area contributed by atoms with Crippen LogP contribution in [0.4, 0.5) is 0 Å². The molecule has 0 saturated heterocycles. The smallest absolute Gasteiger partial charge is 0.118 e. The molecule has 0 heterocycles. The van der Waals surface area contributed by atoms with Crippen LogP contribution in [0, 0.1) is 0 Å². The molecule has 1 N–H and O–H groups in total. The number of rotatable bonds is 3. The molecule has 0 radical (unpaired) electrons. The van der Waals surface area contributed by atoms with Crippen LogP contribution in [0.15, 0.2) is 35.5 Å². The van der Waals surface area contributed by atoms with E-state index in [1.807, 2.05) is 30.3 Å². The van der Waals surface area contributed by atoms with E-state index in [4.69, 9.17) is 9.94 Å². The fourth-order valence-electron chi connectivity index (χ4n) is 0.965. The van der Waals surface area contributed by atoms with Crippen molar-refractivity contribution in [2.24, 2.45) is 5.16 Å². The molecule has 0 aliphatic carbocycles. The van der Waals surface area contributed by atoms with E-state index >= 15 is 0 Å². The molecule has 0 spiro atoms. The Balaban J connectivity index is 2.73. The van der Waals surface area contributed by atoms with Crippen LogP contribution in [-0.4, -0.2) is 18.0 Å². The van der Waals surface area contributed by atoms with Gasteiger partial charge in [0.1, 0.15) is 5.75 Å². The number of allylic oxidation sites excluding steroid dienone is 1. The summed E-state index contributed by atoms with van der Waals surface area (Å²) in [5, 5.41) is 11.5. The lowest BCUT2D eigenvalue weighted by atomic mass is 10.2. The van der Waals surface area contributed by atoms with Crippen LogP contribution in [0.5, 0.6) is 5.75 Å². The second kappa shape index (κ2) is 5.07. The molecule has 14 heavy (non-hydrogen) atoms. The van der Waals surface area contributed by atoms with Crippen molar-refractivity contribution in [3.63, 3.8) is 0 Å². The molecule has 0 aliphatic heterocycles. The van der Waals surface area contributed by atoms with Crippen LogP contribution in [0.25, 0.3) is 6.08 Å². The van der Waals surface area contributed by atoms with Crippen LogP contribution in [0.2, 0.25) is 0 Å². The second-order valence-corrected chi connectivity index (χ2v) is 2.85. The Kier molecular flexibility index (Phi) is 3.73. The lowest BCUT2D eigenvalue weighted by Gasteiger charge is -1.98. The minimum atomic E-state index is 0.570. The molecule has 0 amide bonds. The van der Waals surface area contributed by atoms with E-state index in [1.54, 1.807) is 20.1 Å². The number of ether oxygens (including phenoxy) is 1. The summed E-state index contributed by atoms with van der Waals surface area (Å²) in [6, 6.07) is 7.62. The van der Waals surface area contributed by atoms with Crippen molar-refractivity contribution < 1.29 is 9.94 Å². The monoisotopic (exact) mass is 191 g/mol. The van der Waals surface area contributed by atoms with Crippen molar-refractivity contribution in [1.82, 2.24) is 0 Å². The molecule has 3 heteroatoms. The van der Waals surface area contributed by atoms with Gasteiger partial charge in [-0.15, -0.1) is 0 Å². The van der Waals surface area contributed by atoms with Crippen LogP contribution in [-0.2, 0) is 0 Å². The molecule has 0 bridgehead atoms. The van der Waals surface area contributed by atoms with Crippen LogP contribution >= 0.6 is 0 Å². The van der Waals surface area contributed by atoms with Crippen molar-refractivity contribution in [3.8, 4) is 5.75 Å². The first-order valence-electron chi connectivity index (χ1n) is 4.27. The van der Waals surface area contributed by atoms with E-state index < -0.39 is 0 Å². The third-order valence-corrected chi connectivity index (χ3v) is 1.79. The fourth-order valence-corrected chi connectivity index (χ4v) is 0.965. The molecule has 0 fully saturated rings. The minimum absolute atomic E-state index is 0.570. The van der Waals surface area contributed by atoms with Crippen LogP contribution in [0.3, 0.4) is 0 Å². The van der Waals surface area contributed by atoms with Gasteiger partial charge in [0.15, 0.2) is 0 Å². The average molecular weight is 191 g/mol. The van der Waals surface area contributed by atoms with Gasteiger partial charge in [0, 0.05) is 0 Å². The molecule has 0 aromatic heterocycles. The Labute approximate surface area is 83.3 Å². The first-order chi connectivity index (χ1) is 6.76. The van der Waals surface area contributed by atoms with Gasteiger partial charge in [0.05, 0.1) is 12.8 Å². The topological polar surface area (TPSA) is 41.8 Å². The van der Waals surface area contributed by atoms with Gasteiger partial charge in [-0.05, 0) is 30.7 Å². The Morgan fingerprint density at radius 2 is 2.00 bits per heavy atom. The zero-order valence-electron chi connectivity index (χ0n) is 8.27. The van der Waals surface area contributed by atoms with Gasteiger partial charge in [-0.1, -0.05) is 23.4 Å². The zero-order chi connectivity index (χ0) is 10.4. The summed E-state index contributed by atoms with van der Waals surface area (Å²) in [5.41, 5.74) is 1.61. The Morgan fingerprint density at radius 1 is 1.36 bits per heavy atom. The number of nitrogens with zero attached hydrogens (tertiary/aromatic N) is 1. The second-order valence-electron chi connectivity index (χ2n) is 2.85. The van der Waals surface area contributed by atoms with E-state index in [9.17, 15) is 0 Å². The molecule has 1 aromatic rings. The highest BCUT2D eigenvalue weighted by Crippen LogP contribution is 2.12. The lowest BCUT2D eigenvalue weighted by Crippen LogP contribution is -1.84. The standard InChI is InChI=1S/C11H13NO2/c1-9(12-13)3-4-10-5-7-11(14-2)8-6-10/h3-8,13H,1-2H3/b4-3+,12-9+. The summed E-state index contributed by atoms with van der Waals surface area (Å²) in [7, 11) is 1.63. The maximum Gasteiger partial charge on any atom is 0.118 e. The van der Waals surface area contributed by atoms with Gasteiger partial charge in [0.2, 0.25) is 0 Å². The van der Waals surface area contributed by atoms with Gasteiger partial charge in [-0.3, -0.25) is 0 Å².